The number of halogens is 4. The Balaban J connectivity index is 0.000000198. The van der Waals surface area contributed by atoms with Crippen molar-refractivity contribution < 1.29 is 67.4 Å². The third kappa shape index (κ3) is 7.38. The molecule has 0 aliphatic heterocycles. The Hall–Kier alpha value is -1.23. The van der Waals surface area contributed by atoms with Gasteiger partial charge in [0.05, 0.1) is 0 Å². The molecule has 4 aliphatic carbocycles. The number of rotatable bonds is 2. The second-order valence-corrected chi connectivity index (χ2v) is 30.7. The fourth-order valence-corrected chi connectivity index (χ4v) is 12.2. The maximum Gasteiger partial charge on any atom is 0.0211 e. The second kappa shape index (κ2) is 16.0. The molecule has 0 radical (unpaired) electrons. The molecule has 0 N–H and O–H groups in total. The zero-order valence-electron chi connectivity index (χ0n) is 28.3. The summed E-state index contributed by atoms with van der Waals surface area (Å²) in [6.07, 6.45) is 7.15. The maximum absolute atomic E-state index is 6.01. The van der Waals surface area contributed by atoms with E-state index in [0.717, 1.165) is 6.42 Å². The largest absolute Gasteiger partial charge is 1.00 e. The minimum Gasteiger partial charge on any atom is -1.00 e. The molecule has 0 saturated carbocycles. The van der Waals surface area contributed by atoms with Gasteiger partial charge < -0.3 is 24.8 Å². The first kappa shape index (κ1) is 39.6. The summed E-state index contributed by atoms with van der Waals surface area (Å²) in [6, 6.07) is 35.8. The summed E-state index contributed by atoms with van der Waals surface area (Å²) in [4.78, 5) is 0. The topological polar surface area (TPSA) is 0 Å². The first-order valence-electron chi connectivity index (χ1n) is 16.1. The second-order valence-electron chi connectivity index (χ2n) is 13.4. The third-order valence-corrected chi connectivity index (χ3v) is 19.5. The summed E-state index contributed by atoms with van der Waals surface area (Å²) in [6.45, 7) is 11.4. The molecule has 4 aliphatic rings. The minimum atomic E-state index is -2.65. The van der Waals surface area contributed by atoms with Crippen molar-refractivity contribution in [2.24, 2.45) is 5.41 Å². The van der Waals surface area contributed by atoms with Gasteiger partial charge in [-0.1, -0.05) is 97.1 Å². The summed E-state index contributed by atoms with van der Waals surface area (Å²) < 4.78 is 4.91. The van der Waals surface area contributed by atoms with Crippen LogP contribution in [0.4, 0.5) is 0 Å². The van der Waals surface area contributed by atoms with Gasteiger partial charge in [-0.2, -0.15) is 0 Å². The van der Waals surface area contributed by atoms with E-state index in [1.165, 1.54) is 58.9 Å². The quantitative estimate of drug-likeness (QED) is 0.201. The molecule has 0 atom stereocenters. The fourth-order valence-electron chi connectivity index (χ4n) is 7.47. The van der Waals surface area contributed by atoms with Crippen molar-refractivity contribution in [3.05, 3.63) is 161 Å². The van der Waals surface area contributed by atoms with Crippen LogP contribution in [0.2, 0.25) is 4.63 Å². The fraction of sp³-hybridized carbons (Fsp3) is 0.238. The molecule has 245 valence electrons. The van der Waals surface area contributed by atoms with Crippen LogP contribution in [0.25, 0.3) is 22.3 Å². The molecule has 4 aromatic carbocycles. The molecule has 0 fully saturated rings. The molecule has 4 aromatic rings. The Morgan fingerprint density at radius 3 is 1.19 bits per heavy atom. The van der Waals surface area contributed by atoms with Gasteiger partial charge in [0, 0.05) is 11.8 Å². The van der Waals surface area contributed by atoms with Crippen LogP contribution in [0, 0.1) is 5.41 Å². The van der Waals surface area contributed by atoms with E-state index in [4.69, 9.17) is 17.0 Å². The monoisotopic (exact) mass is 865 g/mol. The molecular formula is C42H41Cl4Zr2. The van der Waals surface area contributed by atoms with Crippen molar-refractivity contribution in [1.82, 2.24) is 0 Å². The Bertz CT molecular complexity index is 1730. The van der Waals surface area contributed by atoms with E-state index in [9.17, 15) is 0 Å². The van der Waals surface area contributed by atoms with E-state index < -0.39 is 17.9 Å². The summed E-state index contributed by atoms with van der Waals surface area (Å²) >= 11 is -1.07. The molecule has 0 aromatic heterocycles. The Morgan fingerprint density at radius 1 is 0.625 bits per heavy atom. The van der Waals surface area contributed by atoms with Gasteiger partial charge in [0.1, 0.15) is 0 Å². The standard InChI is InChI=1S/C26H18.C10H15.C5H5.CH3.4ClH.2Zr/c1-5-13-21-17(9-1)18-10-2-6-14-22(18)25(21)26-23-15-7-3-11-19(23)20-12-4-8-16-24(20)26;1-7-6-10(4,5)9(3)8(7)2;1-2-4-5-3-1;;;;;;;/h1-16,25-26H;1-5H3;1-3H,4H2;1H3;4*1H;;/q;;;;;;;;2*+2/p-4. The van der Waals surface area contributed by atoms with Crippen molar-refractivity contribution in [2.75, 3.05) is 0 Å². The van der Waals surface area contributed by atoms with Crippen LogP contribution in [-0.4, -0.2) is 0 Å². The Morgan fingerprint density at radius 2 is 0.979 bits per heavy atom. The van der Waals surface area contributed by atoms with Crippen molar-refractivity contribution in [1.29, 1.82) is 0 Å². The Labute approximate surface area is 327 Å². The van der Waals surface area contributed by atoms with Crippen LogP contribution in [0.3, 0.4) is 0 Å². The molecule has 0 saturated heterocycles. The molecule has 0 spiro atoms. The summed E-state index contributed by atoms with van der Waals surface area (Å²) in [5, 5.41) is 0. The first-order chi connectivity index (χ1) is 21.9. The van der Waals surface area contributed by atoms with Crippen LogP contribution >= 0.6 is 17.0 Å². The molecule has 48 heavy (non-hydrogen) atoms. The normalized spacial score (nSPS) is 16.8. The molecule has 0 amide bonds. The van der Waals surface area contributed by atoms with Crippen LogP contribution in [0.15, 0.2) is 139 Å². The van der Waals surface area contributed by atoms with Crippen molar-refractivity contribution in [3.63, 3.8) is 0 Å². The SMILES string of the molecule is CC1=C(C)C(C)(C)[C]([Zr+2])=C1C.[CH3][Zr]([Cl])([Cl])[C]1=CC=CC1.[Cl-].[Cl-].c1ccc2c(c1)-c1ccccc1C2C1c2ccccc2-c2ccccc21. The summed E-state index contributed by atoms with van der Waals surface area (Å²) in [5.41, 5.74) is 16.4. The van der Waals surface area contributed by atoms with Crippen LogP contribution in [-0.2, 0) is 42.6 Å². The van der Waals surface area contributed by atoms with Gasteiger partial charge in [-0.05, 0) is 44.5 Å². The smallest absolute Gasteiger partial charge is 0.0211 e. The van der Waals surface area contributed by atoms with Gasteiger partial charge in [0.2, 0.25) is 0 Å². The van der Waals surface area contributed by atoms with Crippen molar-refractivity contribution in [2.45, 2.75) is 57.5 Å². The predicted molar refractivity (Wildman–Crippen MR) is 192 cm³/mol. The molecule has 8 rings (SSSR count). The van der Waals surface area contributed by atoms with E-state index in [0.29, 0.717) is 17.3 Å². The zero-order valence-corrected chi connectivity index (χ0v) is 36.3. The van der Waals surface area contributed by atoms with Gasteiger partial charge in [-0.25, -0.2) is 0 Å². The number of fused-ring (bicyclic) bond motifs is 6. The number of hydrogen-bond acceptors (Lipinski definition) is 0. The van der Waals surface area contributed by atoms with Gasteiger partial charge in [-0.3, -0.25) is 0 Å². The predicted octanol–water partition coefficient (Wildman–Crippen LogP) is 7.14. The van der Waals surface area contributed by atoms with Crippen molar-refractivity contribution >= 4 is 17.0 Å². The van der Waals surface area contributed by atoms with E-state index >= 15 is 0 Å². The van der Waals surface area contributed by atoms with Crippen LogP contribution < -0.4 is 24.8 Å². The Kier molecular flexibility index (Phi) is 13.2. The molecular weight excluding hydrogens is 829 g/mol. The average molecular weight is 870 g/mol. The van der Waals surface area contributed by atoms with Gasteiger partial charge in [0.25, 0.3) is 0 Å². The van der Waals surface area contributed by atoms with E-state index in [-0.39, 0.29) is 24.8 Å². The van der Waals surface area contributed by atoms with Crippen LogP contribution in [0.5, 0.6) is 0 Å². The van der Waals surface area contributed by atoms with E-state index in [1.807, 2.05) is 10.7 Å². The van der Waals surface area contributed by atoms with Crippen LogP contribution in [0.1, 0.15) is 75.1 Å². The van der Waals surface area contributed by atoms with E-state index in [1.54, 1.807) is 33.6 Å². The van der Waals surface area contributed by atoms with Crippen molar-refractivity contribution in [3.8, 4) is 22.3 Å². The van der Waals surface area contributed by atoms with Gasteiger partial charge in [0.15, 0.2) is 0 Å². The van der Waals surface area contributed by atoms with E-state index in [2.05, 4.69) is 144 Å². The average Bonchev–Trinajstić information content (AvgIpc) is 3.82. The molecule has 0 heterocycles. The van der Waals surface area contributed by atoms with Gasteiger partial charge in [-0.15, -0.1) is 0 Å². The number of allylic oxidation sites excluding steroid dienone is 8. The molecule has 0 nitrogen and oxygen atoms in total. The van der Waals surface area contributed by atoms with Gasteiger partial charge >= 0.3 is 152 Å². The maximum atomic E-state index is 6.01. The first-order valence-corrected chi connectivity index (χ1v) is 27.4. The number of benzene rings is 4. The molecule has 0 bridgehead atoms. The minimum absolute atomic E-state index is 0. The summed E-state index contributed by atoms with van der Waals surface area (Å²) in [7, 11) is 12.0. The molecule has 0 unspecified atom stereocenters. The summed E-state index contributed by atoms with van der Waals surface area (Å²) in [5.74, 6) is 0.763. The molecule has 6 heteroatoms. The third-order valence-electron chi connectivity index (χ3n) is 10.5. The zero-order chi connectivity index (χ0) is 32.8. The number of hydrogen-bond donors (Lipinski definition) is 0.